The lowest BCUT2D eigenvalue weighted by Crippen LogP contribution is -2.12. The van der Waals surface area contributed by atoms with Gasteiger partial charge in [0.2, 0.25) is 0 Å². The topological polar surface area (TPSA) is 73.7 Å². The van der Waals surface area contributed by atoms with Gasteiger partial charge >= 0.3 is 0 Å². The van der Waals surface area contributed by atoms with E-state index >= 15 is 0 Å². The lowest BCUT2D eigenvalue weighted by atomic mass is 10.0. The van der Waals surface area contributed by atoms with Crippen molar-refractivity contribution in [2.45, 2.75) is 0 Å². The van der Waals surface area contributed by atoms with Crippen molar-refractivity contribution in [3.63, 3.8) is 0 Å². The molecule has 0 fully saturated rings. The maximum Gasteiger partial charge on any atom is 0.258 e. The zero-order valence-electron chi connectivity index (χ0n) is 11.2. The van der Waals surface area contributed by atoms with Crippen LogP contribution < -0.4 is 10.6 Å². The Bertz CT molecular complexity index is 887. The van der Waals surface area contributed by atoms with Gasteiger partial charge < -0.3 is 15.8 Å². The van der Waals surface area contributed by atoms with E-state index in [4.69, 9.17) is 0 Å². The fourth-order valence-electron chi connectivity index (χ4n) is 2.80. The van der Waals surface area contributed by atoms with Crippen molar-refractivity contribution in [2.24, 2.45) is 5.16 Å². The highest BCUT2D eigenvalue weighted by Crippen LogP contribution is 2.39. The molecule has 0 radical (unpaired) electrons. The van der Waals surface area contributed by atoms with Crippen LogP contribution in [-0.2, 0) is 4.79 Å². The van der Waals surface area contributed by atoms with Crippen molar-refractivity contribution in [3.8, 4) is 0 Å². The summed E-state index contributed by atoms with van der Waals surface area (Å²) in [4.78, 5) is 12.3. The number of allylic oxidation sites excluding steroid dienone is 1. The maximum atomic E-state index is 13.5. The summed E-state index contributed by atoms with van der Waals surface area (Å²) in [7, 11) is 0. The number of nitrogens with zero attached hydrogens (tertiary/aromatic N) is 1. The summed E-state index contributed by atoms with van der Waals surface area (Å²) in [6.07, 6.45) is 0. The number of benzene rings is 2. The Morgan fingerprint density at radius 3 is 2.59 bits per heavy atom. The Balaban J connectivity index is 1.97. The number of carbonyl (C=O) groups is 1. The fourth-order valence-corrected chi connectivity index (χ4v) is 2.80. The van der Waals surface area contributed by atoms with Gasteiger partial charge in [0.25, 0.3) is 5.91 Å². The van der Waals surface area contributed by atoms with Gasteiger partial charge in [-0.3, -0.25) is 4.79 Å². The zero-order valence-corrected chi connectivity index (χ0v) is 11.2. The Morgan fingerprint density at radius 1 is 1.00 bits per heavy atom. The first-order chi connectivity index (χ1) is 10.7. The third-order valence-corrected chi connectivity index (χ3v) is 3.75. The van der Waals surface area contributed by atoms with Gasteiger partial charge in [-0.2, -0.15) is 0 Å². The molecule has 108 valence electrons. The van der Waals surface area contributed by atoms with Crippen LogP contribution in [0.2, 0.25) is 0 Å². The minimum Gasteiger partial charge on any atom is -0.410 e. The Morgan fingerprint density at radius 2 is 1.77 bits per heavy atom. The molecule has 0 unspecified atom stereocenters. The van der Waals surface area contributed by atoms with E-state index in [1.807, 2.05) is 18.2 Å². The van der Waals surface area contributed by atoms with Crippen LogP contribution in [0.15, 0.2) is 53.3 Å². The van der Waals surface area contributed by atoms with E-state index in [-0.39, 0.29) is 17.2 Å². The first-order valence-electron chi connectivity index (χ1n) is 6.63. The molecule has 2 heterocycles. The van der Waals surface area contributed by atoms with E-state index < -0.39 is 5.82 Å². The van der Waals surface area contributed by atoms with Gasteiger partial charge in [0.1, 0.15) is 11.5 Å². The molecule has 22 heavy (non-hydrogen) atoms. The highest BCUT2D eigenvalue weighted by molar-refractivity contribution is 6.39. The Labute approximate surface area is 124 Å². The molecule has 2 aliphatic rings. The highest BCUT2D eigenvalue weighted by Gasteiger charge is 2.34. The molecule has 6 heteroatoms. The van der Waals surface area contributed by atoms with Gasteiger partial charge in [-0.1, -0.05) is 23.4 Å². The van der Waals surface area contributed by atoms with Gasteiger partial charge in [0, 0.05) is 22.5 Å². The van der Waals surface area contributed by atoms with Crippen LogP contribution in [0.5, 0.6) is 0 Å². The van der Waals surface area contributed by atoms with Crippen LogP contribution in [0, 0.1) is 5.82 Å². The van der Waals surface area contributed by atoms with Gasteiger partial charge in [-0.25, -0.2) is 4.39 Å². The van der Waals surface area contributed by atoms with Crippen molar-refractivity contribution in [1.82, 2.24) is 0 Å². The molecule has 0 saturated carbocycles. The van der Waals surface area contributed by atoms with Crippen LogP contribution in [0.4, 0.5) is 15.8 Å². The molecule has 4 rings (SSSR count). The highest BCUT2D eigenvalue weighted by atomic mass is 19.1. The molecule has 0 aromatic heterocycles. The number of hydrogen-bond donors (Lipinski definition) is 3. The first kappa shape index (κ1) is 12.6. The summed E-state index contributed by atoms with van der Waals surface area (Å²) in [5.41, 5.74) is 3.29. The second-order valence-electron chi connectivity index (χ2n) is 5.01. The molecule has 2 aromatic rings. The number of oxime groups is 1. The van der Waals surface area contributed by atoms with Gasteiger partial charge in [0.05, 0.1) is 11.3 Å². The predicted octanol–water partition coefficient (Wildman–Crippen LogP) is 2.79. The average molecular weight is 295 g/mol. The number of carbonyl (C=O) groups excluding carboxylic acids is 1. The van der Waals surface area contributed by atoms with Crippen molar-refractivity contribution in [3.05, 3.63) is 65.1 Å². The molecule has 0 bridgehead atoms. The molecule has 2 aromatic carbocycles. The van der Waals surface area contributed by atoms with Crippen molar-refractivity contribution < 1.29 is 14.4 Å². The lowest BCUT2D eigenvalue weighted by molar-refractivity contribution is -0.110. The van der Waals surface area contributed by atoms with Crippen molar-refractivity contribution >= 4 is 28.6 Å². The standard InChI is InChI=1S/C16H10FN3O2/c17-8-5-6-12-10(7-8)13(16(21)19-12)15-14(20-22)9-3-1-2-4-11(9)18-15/h1-7,18,22H,(H,19,21)/b15-13-,20-14-. The summed E-state index contributed by atoms with van der Waals surface area (Å²) in [6.45, 7) is 0. The number of rotatable bonds is 0. The fraction of sp³-hybridized carbons (Fsp3) is 0. The number of hydrogen-bond acceptors (Lipinski definition) is 4. The summed E-state index contributed by atoms with van der Waals surface area (Å²) in [5.74, 6) is -0.802. The van der Waals surface area contributed by atoms with Gasteiger partial charge in [-0.05, 0) is 24.3 Å². The lowest BCUT2D eigenvalue weighted by Gasteiger charge is -2.05. The minimum atomic E-state index is -0.439. The molecule has 0 atom stereocenters. The van der Waals surface area contributed by atoms with Crippen LogP contribution in [0.3, 0.4) is 0 Å². The second kappa shape index (κ2) is 4.42. The monoisotopic (exact) mass is 295 g/mol. The number of anilines is 2. The average Bonchev–Trinajstić information content (AvgIpc) is 3.03. The third kappa shape index (κ3) is 1.64. The van der Waals surface area contributed by atoms with E-state index in [9.17, 15) is 14.4 Å². The first-order valence-corrected chi connectivity index (χ1v) is 6.63. The predicted molar refractivity (Wildman–Crippen MR) is 80.3 cm³/mol. The van der Waals surface area contributed by atoms with E-state index in [0.717, 1.165) is 5.69 Å². The molecule has 5 nitrogen and oxygen atoms in total. The van der Waals surface area contributed by atoms with Gasteiger partial charge in [0.15, 0.2) is 0 Å². The third-order valence-electron chi connectivity index (χ3n) is 3.75. The summed E-state index contributed by atoms with van der Waals surface area (Å²) in [6, 6.07) is 11.3. The zero-order chi connectivity index (χ0) is 15.3. The van der Waals surface area contributed by atoms with E-state index in [1.165, 1.54) is 18.2 Å². The number of amides is 1. The van der Waals surface area contributed by atoms with Crippen molar-refractivity contribution in [1.29, 1.82) is 0 Å². The molecule has 2 aliphatic heterocycles. The molecule has 0 saturated heterocycles. The normalized spacial score (nSPS) is 20.6. The van der Waals surface area contributed by atoms with E-state index in [1.54, 1.807) is 6.07 Å². The smallest absolute Gasteiger partial charge is 0.258 e. The summed E-state index contributed by atoms with van der Waals surface area (Å²) < 4.78 is 13.5. The van der Waals surface area contributed by atoms with Crippen LogP contribution in [0.25, 0.3) is 5.57 Å². The SMILES string of the molecule is O=C1Nc2ccc(F)cc2/C1=C1/Nc2ccccc2/C1=N/O. The maximum absolute atomic E-state index is 13.5. The van der Waals surface area contributed by atoms with Crippen LogP contribution in [0.1, 0.15) is 11.1 Å². The molecule has 0 aliphatic carbocycles. The quantitative estimate of drug-likeness (QED) is 0.397. The Kier molecular flexibility index (Phi) is 2.53. The van der Waals surface area contributed by atoms with Crippen molar-refractivity contribution in [2.75, 3.05) is 10.6 Å². The molecule has 1 amide bonds. The number of halogens is 1. The Hall–Kier alpha value is -3.15. The summed E-state index contributed by atoms with van der Waals surface area (Å²) in [5, 5.41) is 18.4. The van der Waals surface area contributed by atoms with Gasteiger partial charge in [-0.15, -0.1) is 0 Å². The number of nitrogens with one attached hydrogen (secondary N) is 2. The molecular formula is C16H10FN3O2. The van der Waals surface area contributed by atoms with E-state index in [2.05, 4.69) is 15.8 Å². The van der Waals surface area contributed by atoms with E-state index in [0.29, 0.717) is 22.5 Å². The van der Waals surface area contributed by atoms with Crippen LogP contribution >= 0.6 is 0 Å². The number of fused-ring (bicyclic) bond motifs is 2. The second-order valence-corrected chi connectivity index (χ2v) is 5.01. The summed E-state index contributed by atoms with van der Waals surface area (Å²) >= 11 is 0. The molecular weight excluding hydrogens is 285 g/mol. The minimum absolute atomic E-state index is 0.262. The molecule has 3 N–H and O–H groups in total. The van der Waals surface area contributed by atoms with Crippen LogP contribution in [-0.4, -0.2) is 16.8 Å². The number of para-hydroxylation sites is 1. The largest absolute Gasteiger partial charge is 0.410 e. The molecule has 0 spiro atoms.